The number of aliphatic hydroxyl groups excluding tert-OH is 4. The molecule has 23 nitrogen and oxygen atoms in total. The predicted octanol–water partition coefficient (Wildman–Crippen LogP) is 4.27. The van der Waals surface area contributed by atoms with Crippen molar-refractivity contribution in [2.24, 2.45) is 46.8 Å². The Hall–Kier alpha value is -4.02. The number of rotatable bonds is 12. The lowest BCUT2D eigenvalue weighted by Crippen LogP contribution is -3.17. The molecule has 84 heavy (non-hydrogen) atoms. The fraction of sp³-hybridized carbons (Fsp3) is 0.770. The standard InChI is InChI=1S/C61H90N2O21/c1-27-14-17-42(80-47-25-59(10,63(72)73)54(35(9)79-47)62-58(71)75-13)28(2)19-37-20-36(26-64)31(5)24-61(37)56(69)48(57(70)84-61)55(68)60(11)39(27)16-15-38-49(60)29(3)18-30(4)51(38)82-46-23-43(50(67)32(6)76-46)81-44-22-41(66)53(34(8)78-44)83-45-21-40(65)52(74-12)33(7)77-45/h14-16,19-20,26,29-35,37-47,49-54,63,65-68,72H,17-18,21-25H2,1-13H3,(H,62,71). The molecule has 7 N–H and O–H groups in total. The minimum atomic E-state index is -1.86. The summed E-state index contributed by atoms with van der Waals surface area (Å²) in [6, 6.07) is -0.991. The van der Waals surface area contributed by atoms with Crippen LogP contribution in [0.4, 0.5) is 4.79 Å². The van der Waals surface area contributed by atoms with Gasteiger partial charge in [-0.2, -0.15) is 0 Å². The van der Waals surface area contributed by atoms with Crippen LogP contribution in [-0.2, 0) is 66.5 Å². The number of aldehydes is 1. The Balaban J connectivity index is 1.01. The summed E-state index contributed by atoms with van der Waals surface area (Å²) >= 11 is 0. The number of carbonyl (C=O) groups excluding carboxylic acids is 4. The molecule has 6 fully saturated rings. The number of esters is 1. The number of allylic oxidation sites excluding steroid dienone is 4. The van der Waals surface area contributed by atoms with E-state index in [0.29, 0.717) is 17.6 Å². The molecule has 23 heteroatoms. The molecule has 5 heterocycles. The van der Waals surface area contributed by atoms with Crippen molar-refractivity contribution in [3.63, 3.8) is 0 Å². The number of ketones is 1. The van der Waals surface area contributed by atoms with Gasteiger partial charge in [0.05, 0.1) is 68.5 Å². The van der Waals surface area contributed by atoms with E-state index in [0.717, 1.165) is 11.9 Å². The molecule has 0 aromatic carbocycles. The van der Waals surface area contributed by atoms with E-state index in [1.165, 1.54) is 21.1 Å². The van der Waals surface area contributed by atoms with Crippen molar-refractivity contribution < 1.29 is 102 Å². The van der Waals surface area contributed by atoms with Gasteiger partial charge in [0.25, 0.3) is 0 Å². The molecule has 470 valence electrons. The monoisotopic (exact) mass is 1190 g/mol. The van der Waals surface area contributed by atoms with E-state index < -0.39 is 185 Å². The first kappa shape index (κ1) is 64.5. The van der Waals surface area contributed by atoms with Crippen LogP contribution in [0.1, 0.15) is 121 Å². The molecule has 9 aliphatic rings. The Morgan fingerprint density at radius 2 is 1.38 bits per heavy atom. The molecule has 28 atom stereocenters. The summed E-state index contributed by atoms with van der Waals surface area (Å²) in [5.74, 6) is -5.33. The first-order valence-electron chi connectivity index (χ1n) is 29.9. The largest absolute Gasteiger partial charge is 0.600 e. The predicted molar refractivity (Wildman–Crippen MR) is 296 cm³/mol. The summed E-state index contributed by atoms with van der Waals surface area (Å²) in [6.07, 6.45) is -2.85. The molecule has 1 saturated carbocycles. The first-order chi connectivity index (χ1) is 39.6. The summed E-state index contributed by atoms with van der Waals surface area (Å²) < 4.78 is 68.0. The minimum Gasteiger partial charge on any atom is -0.600 e. The summed E-state index contributed by atoms with van der Waals surface area (Å²) in [6.45, 7) is 20.0. The number of ether oxygens (including phenoxy) is 11. The molecule has 0 aromatic heterocycles. The van der Waals surface area contributed by atoms with Crippen molar-refractivity contribution >= 4 is 24.1 Å². The van der Waals surface area contributed by atoms with Crippen molar-refractivity contribution in [3.05, 3.63) is 63.6 Å². The maximum atomic E-state index is 15.5. The van der Waals surface area contributed by atoms with E-state index in [-0.39, 0.29) is 50.4 Å². The Morgan fingerprint density at radius 1 is 0.762 bits per heavy atom. The number of amides is 1. The first-order valence-corrected chi connectivity index (χ1v) is 29.9. The average molecular weight is 1190 g/mol. The van der Waals surface area contributed by atoms with E-state index >= 15 is 4.79 Å². The normalized spacial score (nSPS) is 47.6. The highest BCUT2D eigenvalue weighted by Gasteiger charge is 2.64. The van der Waals surface area contributed by atoms with Crippen LogP contribution in [0.15, 0.2) is 58.4 Å². The summed E-state index contributed by atoms with van der Waals surface area (Å²) in [5.41, 5.74) is -3.49. The molecule has 9 rings (SSSR count). The number of hydrogen-bond donors (Lipinski definition) is 7. The van der Waals surface area contributed by atoms with Crippen molar-refractivity contribution in [2.75, 3.05) is 14.2 Å². The van der Waals surface area contributed by atoms with Crippen molar-refractivity contribution in [3.8, 4) is 0 Å². The highest BCUT2D eigenvalue weighted by Crippen LogP contribution is 2.61. The van der Waals surface area contributed by atoms with Crippen LogP contribution in [0.2, 0.25) is 0 Å². The maximum Gasteiger partial charge on any atom is 0.407 e. The number of nitrogens with one attached hydrogen (secondary N) is 2. The number of alkyl carbamates (subject to hydrolysis) is 1. The third-order valence-electron chi connectivity index (χ3n) is 20.3. The summed E-state index contributed by atoms with van der Waals surface area (Å²) in [7, 11) is 2.69. The Bertz CT molecular complexity index is 2580. The Kier molecular flexibility index (Phi) is 19.4. The molecule has 28 unspecified atom stereocenters. The number of hydroxylamine groups is 2. The number of quaternary nitrogens is 1. The van der Waals surface area contributed by atoms with Gasteiger partial charge >= 0.3 is 12.1 Å². The van der Waals surface area contributed by atoms with Gasteiger partial charge in [0.2, 0.25) is 5.78 Å². The van der Waals surface area contributed by atoms with Crippen molar-refractivity contribution in [1.82, 2.24) is 5.32 Å². The van der Waals surface area contributed by atoms with Crippen LogP contribution in [0.25, 0.3) is 0 Å². The fourth-order valence-corrected chi connectivity index (χ4v) is 15.8. The molecule has 1 spiro atoms. The van der Waals surface area contributed by atoms with Gasteiger partial charge in [-0.15, -0.1) is 0 Å². The Labute approximate surface area is 491 Å². The molecule has 5 aliphatic heterocycles. The number of Topliss-reactive ketones (excluding diaryl/α,β-unsaturated/α-hetero) is 1. The van der Waals surface area contributed by atoms with Crippen LogP contribution < -0.4 is 10.5 Å². The van der Waals surface area contributed by atoms with Crippen LogP contribution in [0.5, 0.6) is 0 Å². The van der Waals surface area contributed by atoms with Crippen LogP contribution in [0, 0.1) is 52.0 Å². The molecule has 0 radical (unpaired) electrons. The fourth-order valence-electron chi connectivity index (χ4n) is 15.8. The highest BCUT2D eigenvalue weighted by atomic mass is 16.8. The van der Waals surface area contributed by atoms with Crippen LogP contribution in [-0.4, -0.2) is 180 Å². The summed E-state index contributed by atoms with van der Waals surface area (Å²) in [5, 5.41) is 72.0. The van der Waals surface area contributed by atoms with E-state index in [1.807, 2.05) is 26.0 Å². The zero-order valence-corrected chi connectivity index (χ0v) is 50.5. The zero-order chi connectivity index (χ0) is 61.2. The lowest BCUT2D eigenvalue weighted by Gasteiger charge is -2.56. The second kappa shape index (κ2) is 25.2. The number of methoxy groups -OCH3 is 2. The molecule has 4 aliphatic carbocycles. The molecule has 2 bridgehead atoms. The number of fused-ring (bicyclic) bond motifs is 4. The molecule has 5 saturated heterocycles. The molecular formula is C61H90N2O21. The molecule has 0 aromatic rings. The second-order valence-corrected chi connectivity index (χ2v) is 25.9. The number of hydrogen-bond acceptors (Lipinski definition) is 21. The average Bonchev–Trinajstić information content (AvgIpc) is 2.80. The van der Waals surface area contributed by atoms with Crippen molar-refractivity contribution in [1.29, 1.82) is 0 Å². The highest BCUT2D eigenvalue weighted by molar-refractivity contribution is 6.26. The van der Waals surface area contributed by atoms with Gasteiger partial charge in [-0.3, -0.25) is 9.59 Å². The SMILES string of the molecule is COC(=O)NC1C(C)OC(OC2CC=C(C)C3C=CC4C(OC5CC(OC6CC(O)C(OC7CC(O)C(OC)C(C)O7)C(C)O6)C(O)C(C)O5)C(C)CC(C)C4C3(C)C(O)=C3C(=O)OC4(CC(C)C(C=O)=CC4C=C2C)C3=O)CC1(C)[NH+]([O-])O. The second-order valence-electron chi connectivity index (χ2n) is 25.9. The number of carbonyl (C=O) groups is 4. The molecule has 1 amide bonds. The maximum absolute atomic E-state index is 15.5. The Morgan fingerprint density at radius 3 is 2.01 bits per heavy atom. The summed E-state index contributed by atoms with van der Waals surface area (Å²) in [4.78, 5) is 55.3. The number of aliphatic hydroxyl groups is 4. The van der Waals surface area contributed by atoms with E-state index in [1.54, 1.807) is 53.7 Å². The van der Waals surface area contributed by atoms with E-state index in [4.69, 9.17) is 52.1 Å². The van der Waals surface area contributed by atoms with Crippen molar-refractivity contribution in [2.45, 2.75) is 237 Å². The van der Waals surface area contributed by atoms with E-state index in [9.17, 15) is 45.2 Å². The van der Waals surface area contributed by atoms with Gasteiger partial charge in [0.15, 0.2) is 36.3 Å². The van der Waals surface area contributed by atoms with Crippen LogP contribution in [0.3, 0.4) is 0 Å². The minimum absolute atomic E-state index is 0.0128. The smallest absolute Gasteiger partial charge is 0.407 e. The van der Waals surface area contributed by atoms with Gasteiger partial charge in [0.1, 0.15) is 42.0 Å². The third kappa shape index (κ3) is 11.9. The topological polar surface area (TPSA) is 310 Å². The van der Waals surface area contributed by atoms with Gasteiger partial charge in [-0.1, -0.05) is 63.6 Å². The zero-order valence-electron chi connectivity index (χ0n) is 50.5. The third-order valence-corrected chi connectivity index (χ3v) is 20.3. The van der Waals surface area contributed by atoms with Crippen LogP contribution >= 0.6 is 0 Å². The van der Waals surface area contributed by atoms with Gasteiger partial charge in [-0.05, 0) is 96.1 Å². The van der Waals surface area contributed by atoms with Gasteiger partial charge in [-0.25, -0.2) is 20.0 Å². The quantitative estimate of drug-likeness (QED) is 0.0472. The lowest BCUT2D eigenvalue weighted by atomic mass is 9.49. The van der Waals surface area contributed by atoms with Gasteiger partial charge < -0.3 is 83.1 Å². The molecular weight excluding hydrogens is 1100 g/mol. The van der Waals surface area contributed by atoms with Gasteiger partial charge in [0, 0.05) is 56.0 Å². The van der Waals surface area contributed by atoms with E-state index in [2.05, 4.69) is 25.2 Å². The lowest BCUT2D eigenvalue weighted by molar-refractivity contribution is -1.09.